The minimum Gasteiger partial charge on any atom is -0.351 e. The quantitative estimate of drug-likeness (QED) is 0.901. The number of nitrogens with one attached hydrogen (secondary N) is 2. The Morgan fingerprint density at radius 2 is 2.09 bits per heavy atom. The van der Waals surface area contributed by atoms with Crippen LogP contribution in [0.1, 0.15) is 36.8 Å². The van der Waals surface area contributed by atoms with Crippen LogP contribution >= 0.6 is 0 Å². The molecule has 120 valence electrons. The van der Waals surface area contributed by atoms with E-state index in [-0.39, 0.29) is 11.9 Å². The van der Waals surface area contributed by atoms with Gasteiger partial charge in [-0.25, -0.2) is 0 Å². The molecule has 2 N–H and O–H groups in total. The Morgan fingerprint density at radius 3 is 2.68 bits per heavy atom. The predicted molar refractivity (Wildman–Crippen MR) is 76.4 cm³/mol. The van der Waals surface area contributed by atoms with Gasteiger partial charge in [0.2, 0.25) is 5.91 Å². The molecule has 1 aliphatic carbocycles. The molecule has 0 spiro atoms. The zero-order valence-corrected chi connectivity index (χ0v) is 12.2. The fraction of sp³-hybridized carbons (Fsp3) is 0.562. The maximum Gasteiger partial charge on any atom is 0.416 e. The van der Waals surface area contributed by atoms with Gasteiger partial charge in [0, 0.05) is 12.6 Å². The van der Waals surface area contributed by atoms with E-state index in [2.05, 4.69) is 10.6 Å². The number of hydrogen-bond donors (Lipinski definition) is 2. The summed E-state index contributed by atoms with van der Waals surface area (Å²) in [6, 6.07) is 5.24. The van der Waals surface area contributed by atoms with E-state index in [0.717, 1.165) is 38.1 Å². The van der Waals surface area contributed by atoms with Crippen LogP contribution in [0.4, 0.5) is 13.2 Å². The number of rotatable bonds is 3. The molecule has 2 aliphatic rings. The summed E-state index contributed by atoms with van der Waals surface area (Å²) in [4.78, 5) is 12.5. The molecule has 2 fully saturated rings. The minimum absolute atomic E-state index is 0.0736. The molecule has 3 nitrogen and oxygen atoms in total. The molecule has 1 saturated heterocycles. The second-order valence-electron chi connectivity index (χ2n) is 6.18. The number of halogens is 3. The molecule has 1 heterocycles. The van der Waals surface area contributed by atoms with Crippen molar-refractivity contribution in [2.75, 3.05) is 13.1 Å². The van der Waals surface area contributed by atoms with Gasteiger partial charge in [-0.3, -0.25) is 4.79 Å². The van der Waals surface area contributed by atoms with Crippen LogP contribution in [0, 0.1) is 0 Å². The molecule has 1 unspecified atom stereocenters. The first-order valence-corrected chi connectivity index (χ1v) is 7.61. The largest absolute Gasteiger partial charge is 0.416 e. The van der Waals surface area contributed by atoms with E-state index in [0.29, 0.717) is 18.4 Å². The van der Waals surface area contributed by atoms with Gasteiger partial charge < -0.3 is 10.6 Å². The van der Waals surface area contributed by atoms with Crippen LogP contribution < -0.4 is 10.6 Å². The van der Waals surface area contributed by atoms with Crippen LogP contribution in [0.15, 0.2) is 24.3 Å². The first-order chi connectivity index (χ1) is 10.4. The third kappa shape index (κ3) is 2.97. The van der Waals surface area contributed by atoms with E-state index >= 15 is 0 Å². The van der Waals surface area contributed by atoms with Crippen molar-refractivity contribution in [3.63, 3.8) is 0 Å². The average Bonchev–Trinajstić information content (AvgIpc) is 3.29. The van der Waals surface area contributed by atoms with Gasteiger partial charge >= 0.3 is 6.18 Å². The highest BCUT2D eigenvalue weighted by Crippen LogP contribution is 2.49. The highest BCUT2D eigenvalue weighted by molar-refractivity contribution is 5.91. The number of hydrogen-bond acceptors (Lipinski definition) is 2. The molecule has 6 heteroatoms. The van der Waals surface area contributed by atoms with Crippen molar-refractivity contribution >= 4 is 5.91 Å². The average molecular weight is 312 g/mol. The maximum absolute atomic E-state index is 12.8. The summed E-state index contributed by atoms with van der Waals surface area (Å²) in [5, 5.41) is 6.21. The molecule has 1 saturated carbocycles. The molecule has 1 aromatic rings. The Labute approximate surface area is 127 Å². The lowest BCUT2D eigenvalue weighted by Gasteiger charge is -2.26. The van der Waals surface area contributed by atoms with Gasteiger partial charge in [0.15, 0.2) is 0 Å². The normalized spacial score (nSPS) is 23.9. The second-order valence-corrected chi connectivity index (χ2v) is 6.18. The van der Waals surface area contributed by atoms with Gasteiger partial charge in [0.25, 0.3) is 0 Å². The van der Waals surface area contributed by atoms with Crippen LogP contribution in [-0.2, 0) is 16.4 Å². The topological polar surface area (TPSA) is 41.1 Å². The van der Waals surface area contributed by atoms with E-state index in [1.807, 2.05) is 0 Å². The van der Waals surface area contributed by atoms with Crippen molar-refractivity contribution in [2.24, 2.45) is 0 Å². The zero-order valence-electron chi connectivity index (χ0n) is 12.2. The number of carbonyl (C=O) groups excluding carboxylic acids is 1. The molecular weight excluding hydrogens is 293 g/mol. The second kappa shape index (κ2) is 5.57. The van der Waals surface area contributed by atoms with Gasteiger partial charge in [0.05, 0.1) is 11.0 Å². The number of amides is 1. The molecular formula is C16H19F3N2O. The molecule has 1 atom stereocenters. The molecule has 0 aromatic heterocycles. The highest BCUT2D eigenvalue weighted by Gasteiger charge is 2.52. The Bertz CT molecular complexity index is 561. The number of piperidine rings is 1. The smallest absolute Gasteiger partial charge is 0.351 e. The fourth-order valence-corrected chi connectivity index (χ4v) is 3.06. The Balaban J connectivity index is 1.76. The SMILES string of the molecule is O=C(NC1CCCNC1)C1(c2cccc(C(F)(F)F)c2)CC1. The van der Waals surface area contributed by atoms with Crippen LogP contribution in [-0.4, -0.2) is 25.0 Å². The third-order valence-corrected chi connectivity index (χ3v) is 4.56. The predicted octanol–water partition coefficient (Wildman–Crippen LogP) is 2.61. The van der Waals surface area contributed by atoms with Gasteiger partial charge in [-0.15, -0.1) is 0 Å². The Kier molecular flexibility index (Phi) is 3.89. The van der Waals surface area contributed by atoms with Crippen molar-refractivity contribution in [2.45, 2.75) is 43.3 Å². The number of carbonyl (C=O) groups is 1. The first-order valence-electron chi connectivity index (χ1n) is 7.61. The first kappa shape index (κ1) is 15.3. The fourth-order valence-electron chi connectivity index (χ4n) is 3.06. The summed E-state index contributed by atoms with van der Waals surface area (Å²) in [5.41, 5.74) is -0.981. The molecule has 0 radical (unpaired) electrons. The molecule has 1 aromatic carbocycles. The standard InChI is InChI=1S/C16H19F3N2O/c17-16(18,19)12-4-1-3-11(9-12)15(6-7-15)14(22)21-13-5-2-8-20-10-13/h1,3-4,9,13,20H,2,5-8,10H2,(H,21,22). The molecule has 3 rings (SSSR count). The Morgan fingerprint density at radius 1 is 1.32 bits per heavy atom. The summed E-state index contributed by atoms with van der Waals surface area (Å²) in [6.45, 7) is 1.68. The van der Waals surface area contributed by atoms with Gasteiger partial charge in [-0.1, -0.05) is 18.2 Å². The van der Waals surface area contributed by atoms with Crippen LogP contribution in [0.3, 0.4) is 0 Å². The van der Waals surface area contributed by atoms with Crippen LogP contribution in [0.2, 0.25) is 0 Å². The van der Waals surface area contributed by atoms with Crippen LogP contribution in [0.25, 0.3) is 0 Å². The maximum atomic E-state index is 12.8. The summed E-state index contributed by atoms with van der Waals surface area (Å²) in [5.74, 6) is -0.138. The summed E-state index contributed by atoms with van der Waals surface area (Å²) in [7, 11) is 0. The molecule has 0 bridgehead atoms. The molecule has 22 heavy (non-hydrogen) atoms. The van der Waals surface area contributed by atoms with Gasteiger partial charge in [-0.05, 0) is 43.9 Å². The van der Waals surface area contributed by atoms with Gasteiger partial charge in [0.1, 0.15) is 0 Å². The molecule has 1 amide bonds. The van der Waals surface area contributed by atoms with Crippen molar-refractivity contribution in [1.82, 2.24) is 10.6 Å². The van der Waals surface area contributed by atoms with Crippen molar-refractivity contribution < 1.29 is 18.0 Å². The summed E-state index contributed by atoms with van der Waals surface area (Å²) < 4.78 is 38.5. The number of alkyl halides is 3. The lowest BCUT2D eigenvalue weighted by atomic mass is 9.92. The van der Waals surface area contributed by atoms with Crippen molar-refractivity contribution in [3.05, 3.63) is 35.4 Å². The van der Waals surface area contributed by atoms with Crippen molar-refractivity contribution in [1.29, 1.82) is 0 Å². The van der Waals surface area contributed by atoms with E-state index < -0.39 is 17.2 Å². The van der Waals surface area contributed by atoms with E-state index in [9.17, 15) is 18.0 Å². The van der Waals surface area contributed by atoms with Crippen molar-refractivity contribution in [3.8, 4) is 0 Å². The van der Waals surface area contributed by atoms with Gasteiger partial charge in [-0.2, -0.15) is 13.2 Å². The lowest BCUT2D eigenvalue weighted by molar-refractivity contribution is -0.137. The molecule has 1 aliphatic heterocycles. The number of benzene rings is 1. The monoisotopic (exact) mass is 312 g/mol. The summed E-state index contributed by atoms with van der Waals surface area (Å²) >= 11 is 0. The van der Waals surface area contributed by atoms with E-state index in [1.54, 1.807) is 6.07 Å². The Hall–Kier alpha value is -1.56. The zero-order chi connectivity index (χ0) is 15.8. The summed E-state index contributed by atoms with van der Waals surface area (Å²) in [6.07, 6.45) is -1.24. The minimum atomic E-state index is -4.38. The van der Waals surface area contributed by atoms with Crippen LogP contribution in [0.5, 0.6) is 0 Å². The van der Waals surface area contributed by atoms with E-state index in [4.69, 9.17) is 0 Å². The highest BCUT2D eigenvalue weighted by atomic mass is 19.4. The van der Waals surface area contributed by atoms with E-state index in [1.165, 1.54) is 6.07 Å². The lowest BCUT2D eigenvalue weighted by Crippen LogP contribution is -2.48. The third-order valence-electron chi connectivity index (χ3n) is 4.56.